The van der Waals surface area contributed by atoms with Crippen molar-refractivity contribution in [2.45, 2.75) is 19.8 Å². The summed E-state index contributed by atoms with van der Waals surface area (Å²) < 4.78 is 24.4. The van der Waals surface area contributed by atoms with Crippen molar-refractivity contribution < 1.29 is 18.3 Å². The van der Waals surface area contributed by atoms with Crippen molar-refractivity contribution in [3.05, 3.63) is 84.1 Å². The second-order valence-corrected chi connectivity index (χ2v) is 7.12. The minimum absolute atomic E-state index is 0.147. The first-order valence-corrected chi connectivity index (χ1v) is 10.3. The fourth-order valence-electron chi connectivity index (χ4n) is 3.40. The topological polar surface area (TPSA) is 64.4 Å². The van der Waals surface area contributed by atoms with Gasteiger partial charge in [-0.15, -0.1) is 0 Å². The van der Waals surface area contributed by atoms with Crippen molar-refractivity contribution >= 4 is 16.8 Å². The fraction of sp³-hybridized carbons (Fsp3) is 0.200. The molecule has 0 aliphatic rings. The SMILES string of the molecule is CCOc1cc(-c2ccc(F)cc2)nc2ccc(C(=O)NCCCc3ccco3)cc12. The minimum atomic E-state index is -0.297. The monoisotopic (exact) mass is 418 g/mol. The highest BCUT2D eigenvalue weighted by molar-refractivity contribution is 5.99. The number of rotatable bonds is 8. The van der Waals surface area contributed by atoms with Crippen molar-refractivity contribution in [2.24, 2.45) is 0 Å². The first-order valence-electron chi connectivity index (χ1n) is 10.3. The molecule has 0 spiro atoms. The largest absolute Gasteiger partial charge is 0.493 e. The lowest BCUT2D eigenvalue weighted by molar-refractivity contribution is 0.0953. The number of ether oxygens (including phenoxy) is 1. The van der Waals surface area contributed by atoms with Gasteiger partial charge in [0.05, 0.1) is 24.1 Å². The van der Waals surface area contributed by atoms with Crippen LogP contribution in [0.4, 0.5) is 4.39 Å². The van der Waals surface area contributed by atoms with Crippen molar-refractivity contribution in [3.63, 3.8) is 0 Å². The zero-order valence-electron chi connectivity index (χ0n) is 17.2. The number of nitrogens with zero attached hydrogens (tertiary/aromatic N) is 1. The number of amides is 1. The minimum Gasteiger partial charge on any atom is -0.493 e. The van der Waals surface area contributed by atoms with E-state index in [1.807, 2.05) is 31.2 Å². The molecular weight excluding hydrogens is 395 g/mol. The molecule has 2 heterocycles. The van der Waals surface area contributed by atoms with Crippen LogP contribution in [0.1, 0.15) is 29.5 Å². The number of benzene rings is 2. The van der Waals surface area contributed by atoms with Gasteiger partial charge in [0.2, 0.25) is 0 Å². The second-order valence-electron chi connectivity index (χ2n) is 7.12. The molecule has 0 saturated heterocycles. The van der Waals surface area contributed by atoms with Crippen LogP contribution in [0.2, 0.25) is 0 Å². The Morgan fingerprint density at radius 3 is 2.71 bits per heavy atom. The van der Waals surface area contributed by atoms with Crippen LogP contribution >= 0.6 is 0 Å². The van der Waals surface area contributed by atoms with Gasteiger partial charge >= 0.3 is 0 Å². The van der Waals surface area contributed by atoms with Crippen molar-refractivity contribution in [1.29, 1.82) is 0 Å². The molecule has 5 nitrogen and oxygen atoms in total. The van der Waals surface area contributed by atoms with Crippen LogP contribution in [-0.4, -0.2) is 24.0 Å². The average Bonchev–Trinajstić information content (AvgIpc) is 3.30. The van der Waals surface area contributed by atoms with Gasteiger partial charge in [-0.2, -0.15) is 0 Å². The summed E-state index contributed by atoms with van der Waals surface area (Å²) in [6.07, 6.45) is 3.21. The zero-order chi connectivity index (χ0) is 21.6. The molecule has 0 aliphatic carbocycles. The summed E-state index contributed by atoms with van der Waals surface area (Å²) in [4.78, 5) is 17.3. The Hall–Kier alpha value is -3.67. The van der Waals surface area contributed by atoms with Crippen LogP contribution in [0, 0.1) is 5.82 Å². The highest BCUT2D eigenvalue weighted by Gasteiger charge is 2.13. The molecule has 4 rings (SSSR count). The van der Waals surface area contributed by atoms with Gasteiger partial charge in [0.15, 0.2) is 0 Å². The molecule has 2 aromatic carbocycles. The van der Waals surface area contributed by atoms with E-state index in [4.69, 9.17) is 9.15 Å². The molecule has 1 amide bonds. The van der Waals surface area contributed by atoms with E-state index in [1.54, 1.807) is 30.5 Å². The summed E-state index contributed by atoms with van der Waals surface area (Å²) in [6, 6.07) is 17.1. The quantitative estimate of drug-likeness (QED) is 0.390. The summed E-state index contributed by atoms with van der Waals surface area (Å²) in [5.41, 5.74) is 2.73. The predicted octanol–water partition coefficient (Wildman–Crippen LogP) is 5.40. The maximum atomic E-state index is 13.3. The van der Waals surface area contributed by atoms with Gasteiger partial charge in [-0.05, 0) is 67.9 Å². The summed E-state index contributed by atoms with van der Waals surface area (Å²) >= 11 is 0. The summed E-state index contributed by atoms with van der Waals surface area (Å²) in [6.45, 7) is 2.93. The normalized spacial score (nSPS) is 10.9. The number of pyridine rings is 1. The second kappa shape index (κ2) is 9.43. The molecule has 0 fully saturated rings. The summed E-state index contributed by atoms with van der Waals surface area (Å²) in [5, 5.41) is 3.70. The molecule has 0 saturated carbocycles. The van der Waals surface area contributed by atoms with Crippen LogP contribution < -0.4 is 10.1 Å². The Morgan fingerprint density at radius 2 is 1.97 bits per heavy atom. The Labute approximate surface area is 179 Å². The number of furan rings is 1. The summed E-state index contributed by atoms with van der Waals surface area (Å²) in [5.74, 6) is 1.10. The Kier molecular flexibility index (Phi) is 6.26. The predicted molar refractivity (Wildman–Crippen MR) is 118 cm³/mol. The number of fused-ring (bicyclic) bond motifs is 1. The number of carbonyl (C=O) groups is 1. The molecule has 2 aromatic heterocycles. The maximum Gasteiger partial charge on any atom is 0.251 e. The Balaban J connectivity index is 1.54. The van der Waals surface area contributed by atoms with Crippen LogP contribution in [0.15, 0.2) is 71.3 Å². The number of nitrogens with one attached hydrogen (secondary N) is 1. The van der Waals surface area contributed by atoms with Crippen molar-refractivity contribution in [2.75, 3.05) is 13.2 Å². The van der Waals surface area contributed by atoms with E-state index in [9.17, 15) is 9.18 Å². The average molecular weight is 418 g/mol. The molecule has 0 unspecified atom stereocenters. The van der Waals surface area contributed by atoms with Crippen LogP contribution in [0.3, 0.4) is 0 Å². The van der Waals surface area contributed by atoms with Gasteiger partial charge in [-0.3, -0.25) is 4.79 Å². The van der Waals surface area contributed by atoms with Gasteiger partial charge in [0, 0.05) is 35.5 Å². The van der Waals surface area contributed by atoms with E-state index >= 15 is 0 Å². The molecule has 0 radical (unpaired) electrons. The van der Waals surface area contributed by atoms with E-state index in [0.29, 0.717) is 35.7 Å². The van der Waals surface area contributed by atoms with E-state index in [-0.39, 0.29) is 11.7 Å². The molecule has 158 valence electrons. The first kappa shape index (κ1) is 20.6. The number of hydrogen-bond donors (Lipinski definition) is 1. The molecule has 1 N–H and O–H groups in total. The van der Waals surface area contributed by atoms with Crippen LogP contribution in [0.5, 0.6) is 5.75 Å². The Morgan fingerprint density at radius 1 is 1.13 bits per heavy atom. The fourth-order valence-corrected chi connectivity index (χ4v) is 3.40. The summed E-state index contributed by atoms with van der Waals surface area (Å²) in [7, 11) is 0. The zero-order valence-corrected chi connectivity index (χ0v) is 17.2. The molecule has 0 atom stereocenters. The highest BCUT2D eigenvalue weighted by Crippen LogP contribution is 2.31. The first-order chi connectivity index (χ1) is 15.1. The number of carbonyl (C=O) groups excluding carboxylic acids is 1. The number of hydrogen-bond acceptors (Lipinski definition) is 4. The molecular formula is C25H23FN2O3. The molecule has 0 aliphatic heterocycles. The standard InChI is InChI=1S/C25H23FN2O3/c1-2-30-24-16-23(17-7-10-19(26)11-8-17)28-22-12-9-18(15-21(22)24)25(29)27-13-3-5-20-6-4-14-31-20/h4,6-12,14-16H,2-3,5,13H2,1H3,(H,27,29). The van der Waals surface area contributed by atoms with Gasteiger partial charge in [-0.25, -0.2) is 9.37 Å². The number of aryl methyl sites for hydroxylation is 1. The third-order valence-electron chi connectivity index (χ3n) is 4.94. The van der Waals surface area contributed by atoms with Crippen LogP contribution in [-0.2, 0) is 6.42 Å². The lowest BCUT2D eigenvalue weighted by Gasteiger charge is -2.12. The van der Waals surface area contributed by atoms with Crippen molar-refractivity contribution in [1.82, 2.24) is 10.3 Å². The lowest BCUT2D eigenvalue weighted by Crippen LogP contribution is -2.24. The van der Waals surface area contributed by atoms with Crippen LogP contribution in [0.25, 0.3) is 22.2 Å². The molecule has 6 heteroatoms. The molecule has 4 aromatic rings. The highest BCUT2D eigenvalue weighted by atomic mass is 19.1. The third kappa shape index (κ3) is 4.91. The van der Waals surface area contributed by atoms with Gasteiger partial charge in [-0.1, -0.05) is 0 Å². The maximum absolute atomic E-state index is 13.3. The van der Waals surface area contributed by atoms with Gasteiger partial charge in [0.25, 0.3) is 5.91 Å². The van der Waals surface area contributed by atoms with Gasteiger partial charge < -0.3 is 14.5 Å². The van der Waals surface area contributed by atoms with E-state index in [2.05, 4.69) is 10.3 Å². The van der Waals surface area contributed by atoms with Crippen molar-refractivity contribution in [3.8, 4) is 17.0 Å². The Bertz CT molecular complexity index is 1170. The van der Waals surface area contributed by atoms with Gasteiger partial charge in [0.1, 0.15) is 17.3 Å². The molecule has 31 heavy (non-hydrogen) atoms. The van der Waals surface area contributed by atoms with E-state index in [0.717, 1.165) is 29.6 Å². The number of halogens is 1. The third-order valence-corrected chi connectivity index (χ3v) is 4.94. The molecule has 0 bridgehead atoms. The number of aromatic nitrogens is 1. The van der Waals surface area contributed by atoms with E-state index in [1.165, 1.54) is 12.1 Å². The van der Waals surface area contributed by atoms with E-state index < -0.39 is 0 Å². The smallest absolute Gasteiger partial charge is 0.251 e. The lowest BCUT2D eigenvalue weighted by atomic mass is 10.1.